The van der Waals surface area contributed by atoms with Crippen molar-refractivity contribution >= 4 is 34.7 Å². The average molecular weight is 408 g/mol. The minimum Gasteiger partial charge on any atom is -0.349 e. The van der Waals surface area contributed by atoms with Crippen LogP contribution in [0.2, 0.25) is 5.02 Å². The van der Waals surface area contributed by atoms with Crippen LogP contribution in [0.15, 0.2) is 42.5 Å². The maximum absolute atomic E-state index is 12.6. The average Bonchev–Trinajstić information content (AvgIpc) is 2.70. The van der Waals surface area contributed by atoms with E-state index in [0.717, 1.165) is 41.3 Å². The van der Waals surface area contributed by atoms with Gasteiger partial charge in [0.2, 0.25) is 0 Å². The summed E-state index contributed by atoms with van der Waals surface area (Å²) < 4.78 is 0. The fourth-order valence-corrected chi connectivity index (χ4v) is 3.78. The molecule has 0 bridgehead atoms. The van der Waals surface area contributed by atoms with Gasteiger partial charge in [-0.3, -0.25) is 4.79 Å². The second-order valence-corrected chi connectivity index (χ2v) is 7.96. The highest BCUT2D eigenvalue weighted by molar-refractivity contribution is 6.30. The zero-order valence-corrected chi connectivity index (χ0v) is 16.9. The Balaban J connectivity index is 1.67. The van der Waals surface area contributed by atoms with E-state index in [1.54, 1.807) is 0 Å². The molecule has 1 aromatic heterocycles. The van der Waals surface area contributed by atoms with Crippen LogP contribution in [0.3, 0.4) is 0 Å². The summed E-state index contributed by atoms with van der Waals surface area (Å²) in [5.41, 5.74) is 3.18. The van der Waals surface area contributed by atoms with Gasteiger partial charge in [-0.05, 0) is 55.7 Å². The Morgan fingerprint density at radius 2 is 1.93 bits per heavy atom. The van der Waals surface area contributed by atoms with E-state index in [2.05, 4.69) is 12.2 Å². The highest BCUT2D eigenvalue weighted by Crippen LogP contribution is 2.27. The Kier molecular flexibility index (Phi) is 5.58. The van der Waals surface area contributed by atoms with E-state index in [0.29, 0.717) is 29.3 Å². The predicted octanol–water partition coefficient (Wildman–Crippen LogP) is 4.61. The molecule has 1 fully saturated rings. The molecule has 5 nitrogen and oxygen atoms in total. The van der Waals surface area contributed by atoms with Gasteiger partial charge in [0.1, 0.15) is 6.29 Å². The monoisotopic (exact) mass is 407 g/mol. The van der Waals surface area contributed by atoms with Crippen molar-refractivity contribution in [3.63, 3.8) is 0 Å². The van der Waals surface area contributed by atoms with Crippen LogP contribution in [0, 0.1) is 5.92 Å². The molecule has 0 spiro atoms. The molecule has 0 atom stereocenters. The van der Waals surface area contributed by atoms with Crippen molar-refractivity contribution in [1.82, 2.24) is 15.3 Å². The van der Waals surface area contributed by atoms with Crippen molar-refractivity contribution in [2.24, 2.45) is 5.92 Å². The molecule has 1 N–H and O–H groups in total. The molecule has 148 valence electrons. The van der Waals surface area contributed by atoms with Crippen LogP contribution in [0.25, 0.3) is 22.3 Å². The summed E-state index contributed by atoms with van der Waals surface area (Å²) in [6.07, 6.45) is 4.19. The third kappa shape index (κ3) is 4.15. The van der Waals surface area contributed by atoms with Crippen molar-refractivity contribution in [3.8, 4) is 11.4 Å². The lowest BCUT2D eigenvalue weighted by atomic mass is 9.81. The summed E-state index contributed by atoms with van der Waals surface area (Å²) in [5.74, 6) is 0.566. The summed E-state index contributed by atoms with van der Waals surface area (Å²) in [5, 5.41) is 4.62. The van der Waals surface area contributed by atoms with Gasteiger partial charge in [-0.2, -0.15) is 0 Å². The molecule has 0 unspecified atom stereocenters. The van der Waals surface area contributed by atoms with Crippen LogP contribution >= 0.6 is 11.6 Å². The van der Waals surface area contributed by atoms with E-state index in [1.807, 2.05) is 42.5 Å². The van der Waals surface area contributed by atoms with Gasteiger partial charge in [0.25, 0.3) is 5.91 Å². The SMILES string of the molecule is CCCc1nc(-c2ccc(Cl)cc2)nc2cc(C(=O)NC3CC(C=O)C3)ccc12. The van der Waals surface area contributed by atoms with Gasteiger partial charge in [-0.15, -0.1) is 0 Å². The lowest BCUT2D eigenvalue weighted by molar-refractivity contribution is -0.113. The standard InChI is InChI=1S/C23H22ClN3O2/c1-2-3-20-19-9-6-16(23(29)25-18-10-14(11-18)13-28)12-21(19)27-22(26-20)15-4-7-17(24)8-5-15/h4-9,12-14,18H,2-3,10-11H2,1H3,(H,25,29). The summed E-state index contributed by atoms with van der Waals surface area (Å²) >= 11 is 6.00. The predicted molar refractivity (Wildman–Crippen MR) is 114 cm³/mol. The number of carbonyl (C=O) groups excluding carboxylic acids is 2. The zero-order chi connectivity index (χ0) is 20.4. The van der Waals surface area contributed by atoms with Crippen LogP contribution in [-0.4, -0.2) is 28.2 Å². The highest BCUT2D eigenvalue weighted by atomic mass is 35.5. The third-order valence-corrected chi connectivity index (χ3v) is 5.58. The second kappa shape index (κ2) is 8.29. The minimum absolute atomic E-state index is 0.0686. The topological polar surface area (TPSA) is 72.0 Å². The molecule has 6 heteroatoms. The van der Waals surface area contributed by atoms with E-state index in [1.165, 1.54) is 0 Å². The van der Waals surface area contributed by atoms with Crippen molar-refractivity contribution < 1.29 is 9.59 Å². The molecule has 1 heterocycles. The van der Waals surface area contributed by atoms with Crippen molar-refractivity contribution in [1.29, 1.82) is 0 Å². The Labute approximate surface area is 174 Å². The van der Waals surface area contributed by atoms with Crippen molar-refractivity contribution in [2.45, 2.75) is 38.6 Å². The molecule has 2 aromatic carbocycles. The van der Waals surface area contributed by atoms with Gasteiger partial charge in [0.15, 0.2) is 5.82 Å². The molecule has 0 radical (unpaired) electrons. The van der Waals surface area contributed by atoms with E-state index in [-0.39, 0.29) is 17.9 Å². The second-order valence-electron chi connectivity index (χ2n) is 7.52. The Morgan fingerprint density at radius 1 is 1.17 bits per heavy atom. The van der Waals surface area contributed by atoms with Crippen LogP contribution in [0.4, 0.5) is 0 Å². The minimum atomic E-state index is -0.134. The molecule has 3 aromatic rings. The van der Waals surface area contributed by atoms with Gasteiger partial charge < -0.3 is 10.1 Å². The zero-order valence-electron chi connectivity index (χ0n) is 16.2. The van der Waals surface area contributed by atoms with Gasteiger partial charge in [0.05, 0.1) is 11.2 Å². The number of nitrogens with zero attached hydrogens (tertiary/aromatic N) is 2. The Bertz CT molecular complexity index is 1060. The number of nitrogens with one attached hydrogen (secondary N) is 1. The molecule has 0 aliphatic heterocycles. The summed E-state index contributed by atoms with van der Waals surface area (Å²) in [7, 11) is 0. The van der Waals surface area contributed by atoms with Crippen LogP contribution in [0.1, 0.15) is 42.2 Å². The number of aromatic nitrogens is 2. The van der Waals surface area contributed by atoms with Gasteiger partial charge in [0, 0.05) is 33.5 Å². The molecule has 1 saturated carbocycles. The van der Waals surface area contributed by atoms with E-state index < -0.39 is 0 Å². The summed E-state index contributed by atoms with van der Waals surface area (Å²) in [4.78, 5) is 32.9. The maximum atomic E-state index is 12.6. The number of amides is 1. The van der Waals surface area contributed by atoms with Crippen LogP contribution < -0.4 is 5.32 Å². The quantitative estimate of drug-likeness (QED) is 0.605. The fraction of sp³-hybridized carbons (Fsp3) is 0.304. The Morgan fingerprint density at radius 3 is 2.62 bits per heavy atom. The molecule has 29 heavy (non-hydrogen) atoms. The lowest BCUT2D eigenvalue weighted by Crippen LogP contribution is -2.44. The molecule has 1 aliphatic carbocycles. The number of aldehydes is 1. The Hall–Kier alpha value is -2.79. The molecule has 1 aliphatic rings. The third-order valence-electron chi connectivity index (χ3n) is 5.33. The fourth-order valence-electron chi connectivity index (χ4n) is 3.65. The highest BCUT2D eigenvalue weighted by Gasteiger charge is 2.30. The first-order valence-corrected chi connectivity index (χ1v) is 10.3. The van der Waals surface area contributed by atoms with Gasteiger partial charge in [-0.1, -0.05) is 31.0 Å². The largest absolute Gasteiger partial charge is 0.349 e. The van der Waals surface area contributed by atoms with E-state index in [4.69, 9.17) is 21.6 Å². The van der Waals surface area contributed by atoms with Crippen LogP contribution in [0.5, 0.6) is 0 Å². The number of fused-ring (bicyclic) bond motifs is 1. The van der Waals surface area contributed by atoms with Gasteiger partial charge in [-0.25, -0.2) is 9.97 Å². The number of halogens is 1. The number of hydrogen-bond acceptors (Lipinski definition) is 4. The van der Waals surface area contributed by atoms with E-state index in [9.17, 15) is 9.59 Å². The molecule has 4 rings (SSSR count). The molecular weight excluding hydrogens is 386 g/mol. The first-order valence-electron chi connectivity index (χ1n) is 9.90. The smallest absolute Gasteiger partial charge is 0.251 e. The number of benzene rings is 2. The van der Waals surface area contributed by atoms with Crippen molar-refractivity contribution in [2.75, 3.05) is 0 Å². The van der Waals surface area contributed by atoms with Gasteiger partial charge >= 0.3 is 0 Å². The molecule has 1 amide bonds. The first kappa shape index (κ1) is 19.5. The normalized spacial score (nSPS) is 18.3. The molecular formula is C23H22ClN3O2. The maximum Gasteiger partial charge on any atom is 0.251 e. The summed E-state index contributed by atoms with van der Waals surface area (Å²) in [6, 6.07) is 13.1. The van der Waals surface area contributed by atoms with Crippen LogP contribution in [-0.2, 0) is 11.2 Å². The summed E-state index contributed by atoms with van der Waals surface area (Å²) in [6.45, 7) is 2.11. The number of rotatable bonds is 6. The number of aryl methyl sites for hydroxylation is 1. The van der Waals surface area contributed by atoms with E-state index >= 15 is 0 Å². The van der Waals surface area contributed by atoms with Crippen molar-refractivity contribution in [3.05, 3.63) is 58.7 Å². The molecule has 0 saturated heterocycles. The lowest BCUT2D eigenvalue weighted by Gasteiger charge is -2.32. The number of carbonyl (C=O) groups is 2. The first-order chi connectivity index (χ1) is 14.1. The number of hydrogen-bond donors (Lipinski definition) is 1.